The van der Waals surface area contributed by atoms with Gasteiger partial charge in [0.1, 0.15) is 23.3 Å². The SMILES string of the molecule is CC.CC.CC.Cc1cc(NC(=O)C(=O)O)cc(C#N)c1Oc1ccc(O)cc1. The number of hydrogen-bond donors (Lipinski definition) is 3. The molecule has 0 saturated heterocycles. The summed E-state index contributed by atoms with van der Waals surface area (Å²) in [5, 5.41) is 29.2. The van der Waals surface area contributed by atoms with Gasteiger partial charge in [-0.15, -0.1) is 0 Å². The summed E-state index contributed by atoms with van der Waals surface area (Å²) in [4.78, 5) is 21.7. The maximum absolute atomic E-state index is 11.2. The minimum atomic E-state index is -1.62. The van der Waals surface area contributed by atoms with Crippen molar-refractivity contribution in [3.63, 3.8) is 0 Å². The van der Waals surface area contributed by atoms with Crippen molar-refractivity contribution in [2.45, 2.75) is 48.5 Å². The molecular formula is C22H30N2O5. The van der Waals surface area contributed by atoms with Gasteiger partial charge in [0.05, 0.1) is 5.56 Å². The highest BCUT2D eigenvalue weighted by Crippen LogP contribution is 2.32. The molecule has 2 aromatic carbocycles. The fourth-order valence-corrected chi connectivity index (χ4v) is 1.88. The molecule has 7 heteroatoms. The highest BCUT2D eigenvalue weighted by Gasteiger charge is 2.15. The number of hydrogen-bond acceptors (Lipinski definition) is 5. The Morgan fingerprint density at radius 3 is 1.97 bits per heavy atom. The summed E-state index contributed by atoms with van der Waals surface area (Å²) in [5.41, 5.74) is 0.862. The van der Waals surface area contributed by atoms with Crippen LogP contribution in [-0.2, 0) is 9.59 Å². The molecule has 0 aliphatic heterocycles. The Hall–Kier alpha value is -3.53. The van der Waals surface area contributed by atoms with E-state index < -0.39 is 11.9 Å². The maximum atomic E-state index is 11.2. The van der Waals surface area contributed by atoms with Crippen LogP contribution in [0.25, 0.3) is 0 Å². The third-order valence-corrected chi connectivity index (χ3v) is 2.90. The number of nitriles is 1. The summed E-state index contributed by atoms with van der Waals surface area (Å²) in [6, 6.07) is 10.7. The van der Waals surface area contributed by atoms with Crippen LogP contribution in [0.1, 0.15) is 52.7 Å². The van der Waals surface area contributed by atoms with Crippen molar-refractivity contribution < 1.29 is 24.5 Å². The van der Waals surface area contributed by atoms with Gasteiger partial charge in [-0.1, -0.05) is 41.5 Å². The van der Waals surface area contributed by atoms with Crippen LogP contribution in [0.2, 0.25) is 0 Å². The van der Waals surface area contributed by atoms with E-state index in [0.29, 0.717) is 11.3 Å². The first kappa shape index (κ1) is 27.7. The van der Waals surface area contributed by atoms with E-state index in [1.807, 2.05) is 47.6 Å². The number of aliphatic carboxylic acids is 1. The van der Waals surface area contributed by atoms with E-state index in [1.54, 1.807) is 6.92 Å². The van der Waals surface area contributed by atoms with Crippen LogP contribution >= 0.6 is 0 Å². The average Bonchev–Trinajstić information content (AvgIpc) is 2.75. The molecule has 0 aromatic heterocycles. The molecule has 0 bridgehead atoms. The predicted octanol–water partition coefficient (Wildman–Crippen LogP) is 5.47. The van der Waals surface area contributed by atoms with Crippen LogP contribution in [0.3, 0.4) is 0 Å². The minimum Gasteiger partial charge on any atom is -0.508 e. The van der Waals surface area contributed by atoms with Gasteiger partial charge in [0.25, 0.3) is 0 Å². The van der Waals surface area contributed by atoms with Gasteiger partial charge >= 0.3 is 11.9 Å². The topological polar surface area (TPSA) is 120 Å². The van der Waals surface area contributed by atoms with E-state index in [9.17, 15) is 20.0 Å². The number of nitrogens with one attached hydrogen (secondary N) is 1. The molecule has 0 spiro atoms. The largest absolute Gasteiger partial charge is 0.508 e. The number of aromatic hydroxyl groups is 1. The Labute approximate surface area is 172 Å². The van der Waals surface area contributed by atoms with Gasteiger partial charge in [0, 0.05) is 5.69 Å². The van der Waals surface area contributed by atoms with Crippen molar-refractivity contribution in [1.29, 1.82) is 5.26 Å². The number of carboxylic acid groups (broad SMARTS) is 1. The third kappa shape index (κ3) is 9.29. The number of amides is 1. The number of carbonyl (C=O) groups excluding carboxylic acids is 1. The van der Waals surface area contributed by atoms with Crippen molar-refractivity contribution >= 4 is 17.6 Å². The number of rotatable bonds is 3. The molecule has 0 aliphatic rings. The molecule has 0 fully saturated rings. The molecule has 2 aromatic rings. The number of nitrogens with zero attached hydrogens (tertiary/aromatic N) is 1. The zero-order chi connectivity index (χ0) is 23.0. The fourth-order valence-electron chi connectivity index (χ4n) is 1.88. The third-order valence-electron chi connectivity index (χ3n) is 2.90. The van der Waals surface area contributed by atoms with E-state index in [4.69, 9.17) is 9.84 Å². The summed E-state index contributed by atoms with van der Waals surface area (Å²) in [7, 11) is 0. The monoisotopic (exact) mass is 402 g/mol. The summed E-state index contributed by atoms with van der Waals surface area (Å²) >= 11 is 0. The van der Waals surface area contributed by atoms with Crippen molar-refractivity contribution in [3.05, 3.63) is 47.5 Å². The normalized spacial score (nSPS) is 8.34. The first-order valence-electron chi connectivity index (χ1n) is 9.46. The van der Waals surface area contributed by atoms with Gasteiger partial charge in [-0.3, -0.25) is 4.79 Å². The molecule has 0 atom stereocenters. The van der Waals surface area contributed by atoms with E-state index in [2.05, 4.69) is 5.32 Å². The fraction of sp³-hybridized carbons (Fsp3) is 0.318. The number of phenols is 1. The highest BCUT2D eigenvalue weighted by atomic mass is 16.5. The van der Waals surface area contributed by atoms with E-state index in [1.165, 1.54) is 36.4 Å². The van der Waals surface area contributed by atoms with Crippen molar-refractivity contribution in [2.24, 2.45) is 0 Å². The van der Waals surface area contributed by atoms with E-state index >= 15 is 0 Å². The molecule has 0 aliphatic carbocycles. The average molecular weight is 402 g/mol. The molecule has 0 radical (unpaired) electrons. The van der Waals surface area contributed by atoms with Gasteiger partial charge in [-0.25, -0.2) is 4.79 Å². The lowest BCUT2D eigenvalue weighted by molar-refractivity contribution is -0.147. The summed E-state index contributed by atoms with van der Waals surface area (Å²) in [6.07, 6.45) is 0. The number of ether oxygens (including phenoxy) is 1. The summed E-state index contributed by atoms with van der Waals surface area (Å²) in [6.45, 7) is 13.7. The molecule has 3 N–H and O–H groups in total. The van der Waals surface area contributed by atoms with E-state index in [0.717, 1.165) is 0 Å². The zero-order valence-corrected chi connectivity index (χ0v) is 18.0. The molecule has 158 valence electrons. The van der Waals surface area contributed by atoms with Crippen LogP contribution < -0.4 is 10.1 Å². The highest BCUT2D eigenvalue weighted by molar-refractivity contribution is 6.36. The molecule has 0 heterocycles. The standard InChI is InChI=1S/C16H12N2O5.3C2H6/c1-9-6-11(18-15(20)16(21)22)7-10(8-17)14(9)23-13-4-2-12(19)3-5-13;3*1-2/h2-7,19H,1H3,(H,18,20)(H,21,22);3*1-2H3. The second-order valence-electron chi connectivity index (χ2n) is 4.64. The Morgan fingerprint density at radius 2 is 1.52 bits per heavy atom. The Morgan fingerprint density at radius 1 is 1.00 bits per heavy atom. The van der Waals surface area contributed by atoms with Gasteiger partial charge in [-0.2, -0.15) is 5.26 Å². The van der Waals surface area contributed by atoms with Gasteiger partial charge in [0.2, 0.25) is 0 Å². The van der Waals surface area contributed by atoms with Gasteiger partial charge in [-0.05, 0) is 48.9 Å². The quantitative estimate of drug-likeness (QED) is 0.586. The lowest BCUT2D eigenvalue weighted by atomic mass is 10.1. The number of benzene rings is 2. The first-order valence-corrected chi connectivity index (χ1v) is 9.46. The predicted molar refractivity (Wildman–Crippen MR) is 114 cm³/mol. The number of aryl methyl sites for hydroxylation is 1. The van der Waals surface area contributed by atoms with Crippen molar-refractivity contribution in [1.82, 2.24) is 0 Å². The number of anilines is 1. The number of carbonyl (C=O) groups is 2. The van der Waals surface area contributed by atoms with Crippen molar-refractivity contribution in [3.8, 4) is 23.3 Å². The smallest absolute Gasteiger partial charge is 0.394 e. The van der Waals surface area contributed by atoms with Crippen LogP contribution in [0.5, 0.6) is 17.2 Å². The molecular weight excluding hydrogens is 372 g/mol. The molecule has 29 heavy (non-hydrogen) atoms. The zero-order valence-electron chi connectivity index (χ0n) is 18.0. The second-order valence-corrected chi connectivity index (χ2v) is 4.64. The van der Waals surface area contributed by atoms with Gasteiger partial charge in [0.15, 0.2) is 0 Å². The minimum absolute atomic E-state index is 0.0845. The molecule has 2 rings (SSSR count). The Balaban J connectivity index is 0. The molecule has 0 saturated carbocycles. The first-order chi connectivity index (χ1) is 13.9. The second kappa shape index (κ2) is 15.5. The molecule has 0 unspecified atom stereocenters. The Bertz CT molecular complexity index is 809. The van der Waals surface area contributed by atoms with Gasteiger partial charge < -0.3 is 20.3 Å². The van der Waals surface area contributed by atoms with Crippen LogP contribution in [0, 0.1) is 18.3 Å². The van der Waals surface area contributed by atoms with Crippen LogP contribution in [-0.4, -0.2) is 22.1 Å². The Kier molecular flexibility index (Phi) is 14.8. The van der Waals surface area contributed by atoms with Crippen molar-refractivity contribution in [2.75, 3.05) is 5.32 Å². The summed E-state index contributed by atoms with van der Waals surface area (Å²) in [5.74, 6) is -2.02. The lowest BCUT2D eigenvalue weighted by Gasteiger charge is -2.12. The van der Waals surface area contributed by atoms with Crippen LogP contribution in [0.15, 0.2) is 36.4 Å². The molecule has 1 amide bonds. The van der Waals surface area contributed by atoms with E-state index in [-0.39, 0.29) is 22.7 Å². The molecule has 7 nitrogen and oxygen atoms in total. The number of phenolic OH excluding ortho intramolecular Hbond substituents is 1. The lowest BCUT2D eigenvalue weighted by Crippen LogP contribution is -2.21. The maximum Gasteiger partial charge on any atom is 0.394 e. The number of carboxylic acids is 1. The van der Waals surface area contributed by atoms with Crippen LogP contribution in [0.4, 0.5) is 5.69 Å². The summed E-state index contributed by atoms with van der Waals surface area (Å²) < 4.78 is 5.63.